The highest BCUT2D eigenvalue weighted by Gasteiger charge is 2.31. The van der Waals surface area contributed by atoms with Crippen LogP contribution >= 0.6 is 0 Å². The third kappa shape index (κ3) is 6.03. The average Bonchev–Trinajstić information content (AvgIpc) is 2.75. The molecule has 1 aromatic carbocycles. The van der Waals surface area contributed by atoms with Crippen LogP contribution in [0.2, 0.25) is 0 Å². The molecule has 6 nitrogen and oxygen atoms in total. The number of nitrogens with one attached hydrogen (secondary N) is 2. The Kier molecular flexibility index (Phi) is 7.82. The SMILES string of the molecule is CC(=O)NC(Cc1ccccc1F)C(=O)NC1CCN(C(=O)C2CCCCC2)CC1. The summed E-state index contributed by atoms with van der Waals surface area (Å²) in [7, 11) is 0. The van der Waals surface area contributed by atoms with Gasteiger partial charge in [-0.15, -0.1) is 0 Å². The first-order valence-corrected chi connectivity index (χ1v) is 11.0. The van der Waals surface area contributed by atoms with Gasteiger partial charge in [0.1, 0.15) is 11.9 Å². The van der Waals surface area contributed by atoms with E-state index < -0.39 is 11.9 Å². The van der Waals surface area contributed by atoms with Gasteiger partial charge in [-0.05, 0) is 37.3 Å². The number of amides is 3. The van der Waals surface area contributed by atoms with Crippen LogP contribution in [0.4, 0.5) is 4.39 Å². The Bertz CT molecular complexity index is 756. The summed E-state index contributed by atoms with van der Waals surface area (Å²) in [6, 6.07) is 5.38. The largest absolute Gasteiger partial charge is 0.351 e. The predicted molar refractivity (Wildman–Crippen MR) is 112 cm³/mol. The molecule has 2 aliphatic rings. The van der Waals surface area contributed by atoms with Gasteiger partial charge < -0.3 is 15.5 Å². The Balaban J connectivity index is 1.52. The lowest BCUT2D eigenvalue weighted by Gasteiger charge is -2.36. The van der Waals surface area contributed by atoms with Crippen LogP contribution < -0.4 is 10.6 Å². The Hall–Kier alpha value is -2.44. The maximum atomic E-state index is 14.0. The van der Waals surface area contributed by atoms with Crippen molar-refractivity contribution in [1.29, 1.82) is 0 Å². The van der Waals surface area contributed by atoms with Crippen molar-refractivity contribution in [3.05, 3.63) is 35.6 Å². The summed E-state index contributed by atoms with van der Waals surface area (Å²) in [5.41, 5.74) is 0.388. The highest BCUT2D eigenvalue weighted by Crippen LogP contribution is 2.26. The summed E-state index contributed by atoms with van der Waals surface area (Å²) in [5.74, 6) is -0.620. The molecule has 2 fully saturated rings. The number of carbonyl (C=O) groups is 3. The van der Waals surface area contributed by atoms with Crippen molar-refractivity contribution in [3.8, 4) is 0 Å². The van der Waals surface area contributed by atoms with Gasteiger partial charge in [-0.1, -0.05) is 37.5 Å². The first-order chi connectivity index (χ1) is 14.4. The van der Waals surface area contributed by atoms with Crippen LogP contribution in [0.5, 0.6) is 0 Å². The van der Waals surface area contributed by atoms with Crippen molar-refractivity contribution in [2.45, 2.75) is 70.4 Å². The molecular weight excluding hydrogens is 385 g/mol. The lowest BCUT2D eigenvalue weighted by atomic mass is 9.87. The Morgan fingerprint density at radius 2 is 1.73 bits per heavy atom. The summed E-state index contributed by atoms with van der Waals surface area (Å²) in [6.45, 7) is 2.62. The normalized spacial score (nSPS) is 19.2. The van der Waals surface area contributed by atoms with Crippen molar-refractivity contribution in [2.75, 3.05) is 13.1 Å². The molecular formula is C23H32FN3O3. The average molecular weight is 418 g/mol. The van der Waals surface area contributed by atoms with Gasteiger partial charge in [-0.3, -0.25) is 14.4 Å². The predicted octanol–water partition coefficient (Wildman–Crippen LogP) is 2.56. The van der Waals surface area contributed by atoms with Crippen molar-refractivity contribution in [3.63, 3.8) is 0 Å². The summed E-state index contributed by atoms with van der Waals surface area (Å²) >= 11 is 0. The standard InChI is InChI=1S/C23H32FN3O3/c1-16(28)25-21(15-18-9-5-6-10-20(18)24)22(29)26-19-11-13-27(14-12-19)23(30)17-7-3-2-4-8-17/h5-6,9-10,17,19,21H,2-4,7-8,11-15H2,1H3,(H,25,28)(H,26,29). The number of rotatable bonds is 6. The molecule has 1 aromatic rings. The number of nitrogens with zero attached hydrogens (tertiary/aromatic N) is 1. The molecule has 1 saturated heterocycles. The number of carbonyl (C=O) groups excluding carboxylic acids is 3. The molecule has 0 spiro atoms. The minimum absolute atomic E-state index is 0.0511. The van der Waals surface area contributed by atoms with Gasteiger partial charge in [-0.2, -0.15) is 0 Å². The molecule has 1 heterocycles. The van der Waals surface area contributed by atoms with Crippen LogP contribution in [0, 0.1) is 11.7 Å². The van der Waals surface area contributed by atoms with Gasteiger partial charge in [0.25, 0.3) is 0 Å². The maximum Gasteiger partial charge on any atom is 0.243 e. The number of likely N-dealkylation sites (tertiary alicyclic amines) is 1. The molecule has 164 valence electrons. The highest BCUT2D eigenvalue weighted by atomic mass is 19.1. The monoisotopic (exact) mass is 417 g/mol. The van der Waals surface area contributed by atoms with E-state index in [2.05, 4.69) is 10.6 Å². The second-order valence-corrected chi connectivity index (χ2v) is 8.49. The number of piperidine rings is 1. The van der Waals surface area contributed by atoms with E-state index in [1.54, 1.807) is 18.2 Å². The molecule has 0 radical (unpaired) electrons. The molecule has 3 rings (SSSR count). The molecule has 1 atom stereocenters. The third-order valence-corrected chi connectivity index (χ3v) is 6.18. The zero-order chi connectivity index (χ0) is 21.5. The van der Waals surface area contributed by atoms with Crippen LogP contribution in [0.25, 0.3) is 0 Å². The molecule has 1 unspecified atom stereocenters. The van der Waals surface area contributed by atoms with E-state index >= 15 is 0 Å². The summed E-state index contributed by atoms with van der Waals surface area (Å²) < 4.78 is 14.0. The first kappa shape index (κ1) is 22.2. The van der Waals surface area contributed by atoms with E-state index in [9.17, 15) is 18.8 Å². The summed E-state index contributed by atoms with van der Waals surface area (Å²) in [4.78, 5) is 39.0. The zero-order valence-corrected chi connectivity index (χ0v) is 17.7. The second kappa shape index (κ2) is 10.5. The summed E-state index contributed by atoms with van der Waals surface area (Å²) in [5, 5.41) is 5.62. The minimum Gasteiger partial charge on any atom is -0.351 e. The summed E-state index contributed by atoms with van der Waals surface area (Å²) in [6.07, 6.45) is 6.95. The Morgan fingerprint density at radius 3 is 2.37 bits per heavy atom. The van der Waals surface area contributed by atoms with Crippen LogP contribution in [-0.2, 0) is 20.8 Å². The maximum absolute atomic E-state index is 14.0. The molecule has 0 bridgehead atoms. The zero-order valence-electron chi connectivity index (χ0n) is 17.7. The molecule has 0 aromatic heterocycles. The molecule has 1 aliphatic carbocycles. The number of benzene rings is 1. The number of hydrogen-bond acceptors (Lipinski definition) is 3. The second-order valence-electron chi connectivity index (χ2n) is 8.49. The van der Waals surface area contributed by atoms with E-state index in [-0.39, 0.29) is 36.1 Å². The van der Waals surface area contributed by atoms with Crippen molar-refractivity contribution in [1.82, 2.24) is 15.5 Å². The third-order valence-electron chi connectivity index (χ3n) is 6.18. The lowest BCUT2D eigenvalue weighted by molar-refractivity contribution is -0.138. The Morgan fingerprint density at radius 1 is 1.07 bits per heavy atom. The van der Waals surface area contributed by atoms with E-state index in [4.69, 9.17) is 0 Å². The molecule has 7 heteroatoms. The molecule has 1 aliphatic heterocycles. The van der Waals surface area contributed by atoms with Crippen LogP contribution in [0.3, 0.4) is 0 Å². The van der Waals surface area contributed by atoms with E-state index in [0.29, 0.717) is 31.5 Å². The van der Waals surface area contributed by atoms with Gasteiger partial charge in [0.2, 0.25) is 17.7 Å². The van der Waals surface area contributed by atoms with Gasteiger partial charge in [0, 0.05) is 38.4 Å². The fourth-order valence-electron chi connectivity index (χ4n) is 4.49. The number of halogens is 1. The molecule has 30 heavy (non-hydrogen) atoms. The van der Waals surface area contributed by atoms with Crippen LogP contribution in [-0.4, -0.2) is 47.8 Å². The lowest BCUT2D eigenvalue weighted by Crippen LogP contribution is -2.53. The fourth-order valence-corrected chi connectivity index (χ4v) is 4.49. The van der Waals surface area contributed by atoms with Gasteiger partial charge in [0.15, 0.2) is 0 Å². The van der Waals surface area contributed by atoms with E-state index in [1.807, 2.05) is 4.90 Å². The molecule has 3 amide bonds. The first-order valence-electron chi connectivity index (χ1n) is 11.0. The van der Waals surface area contributed by atoms with Crippen LogP contribution in [0.1, 0.15) is 57.4 Å². The van der Waals surface area contributed by atoms with Gasteiger partial charge in [-0.25, -0.2) is 4.39 Å². The van der Waals surface area contributed by atoms with Crippen molar-refractivity contribution < 1.29 is 18.8 Å². The quantitative estimate of drug-likeness (QED) is 0.747. The van der Waals surface area contributed by atoms with Crippen LogP contribution in [0.15, 0.2) is 24.3 Å². The van der Waals surface area contributed by atoms with E-state index in [1.165, 1.54) is 19.4 Å². The Labute approximate surface area is 177 Å². The van der Waals surface area contributed by atoms with E-state index in [0.717, 1.165) is 25.7 Å². The van der Waals surface area contributed by atoms with Crippen molar-refractivity contribution >= 4 is 17.7 Å². The number of hydrogen-bond donors (Lipinski definition) is 2. The van der Waals surface area contributed by atoms with Gasteiger partial charge >= 0.3 is 0 Å². The van der Waals surface area contributed by atoms with Gasteiger partial charge in [0.05, 0.1) is 0 Å². The molecule has 2 N–H and O–H groups in total. The van der Waals surface area contributed by atoms with Crippen molar-refractivity contribution in [2.24, 2.45) is 5.92 Å². The topological polar surface area (TPSA) is 78.5 Å². The fraction of sp³-hybridized carbons (Fsp3) is 0.609. The molecule has 1 saturated carbocycles. The minimum atomic E-state index is -0.832. The smallest absolute Gasteiger partial charge is 0.243 e. The highest BCUT2D eigenvalue weighted by molar-refractivity contribution is 5.87.